The second-order valence-corrected chi connectivity index (χ2v) is 5.06. The Morgan fingerprint density at radius 1 is 1.28 bits per heavy atom. The van der Waals surface area contributed by atoms with Crippen molar-refractivity contribution in [1.82, 2.24) is 4.98 Å². The molecule has 2 rings (SSSR count). The first-order valence-corrected chi connectivity index (χ1v) is 6.62. The Balaban J connectivity index is 2.01. The van der Waals surface area contributed by atoms with Gasteiger partial charge in [-0.05, 0) is 46.3 Å². The number of rotatable bonds is 4. The van der Waals surface area contributed by atoms with Crippen molar-refractivity contribution in [2.75, 3.05) is 24.2 Å². The molecule has 1 aromatic heterocycles. The monoisotopic (exact) mass is 305 g/mol. The number of halogens is 1. The lowest BCUT2D eigenvalue weighted by atomic mass is 10.2. The summed E-state index contributed by atoms with van der Waals surface area (Å²) >= 11 is 3.54. The van der Waals surface area contributed by atoms with Crippen molar-refractivity contribution < 1.29 is 0 Å². The first kappa shape index (κ1) is 12.9. The van der Waals surface area contributed by atoms with Crippen LogP contribution >= 0.6 is 15.9 Å². The van der Waals surface area contributed by atoms with Crippen LogP contribution < -0.4 is 10.6 Å². The summed E-state index contributed by atoms with van der Waals surface area (Å²) in [6, 6.07) is 11.9. The summed E-state index contributed by atoms with van der Waals surface area (Å²) in [7, 11) is 2.07. The molecular formula is C14H16BrN3. The van der Waals surface area contributed by atoms with E-state index in [1.807, 2.05) is 42.6 Å². The maximum absolute atomic E-state index is 5.73. The van der Waals surface area contributed by atoms with Crippen molar-refractivity contribution in [2.24, 2.45) is 0 Å². The van der Waals surface area contributed by atoms with Gasteiger partial charge in [0.2, 0.25) is 0 Å². The van der Waals surface area contributed by atoms with Crippen molar-refractivity contribution in [3.05, 3.63) is 52.8 Å². The minimum Gasteiger partial charge on any atom is -0.399 e. The van der Waals surface area contributed by atoms with E-state index in [1.165, 1.54) is 0 Å². The third kappa shape index (κ3) is 3.23. The van der Waals surface area contributed by atoms with E-state index in [4.69, 9.17) is 5.73 Å². The molecule has 2 aromatic rings. The molecule has 4 heteroatoms. The van der Waals surface area contributed by atoms with E-state index in [0.717, 1.165) is 34.5 Å². The number of pyridine rings is 1. The molecule has 2 N–H and O–H groups in total. The van der Waals surface area contributed by atoms with Crippen LogP contribution in [0.2, 0.25) is 0 Å². The third-order valence-corrected chi connectivity index (χ3v) is 3.45. The lowest BCUT2D eigenvalue weighted by molar-refractivity contribution is 0.851. The molecule has 0 bridgehead atoms. The largest absolute Gasteiger partial charge is 0.399 e. The Bertz CT molecular complexity index is 514. The Hall–Kier alpha value is -1.55. The van der Waals surface area contributed by atoms with E-state index in [0.29, 0.717) is 0 Å². The van der Waals surface area contributed by atoms with Gasteiger partial charge in [0, 0.05) is 42.1 Å². The summed E-state index contributed by atoms with van der Waals surface area (Å²) in [6.07, 6.45) is 2.75. The van der Waals surface area contributed by atoms with Gasteiger partial charge in [-0.2, -0.15) is 0 Å². The molecule has 0 aliphatic carbocycles. The van der Waals surface area contributed by atoms with Gasteiger partial charge in [-0.3, -0.25) is 4.98 Å². The van der Waals surface area contributed by atoms with Crippen molar-refractivity contribution in [3.8, 4) is 0 Å². The molecule has 18 heavy (non-hydrogen) atoms. The van der Waals surface area contributed by atoms with Crippen LogP contribution in [0.1, 0.15) is 5.69 Å². The average molecular weight is 306 g/mol. The first-order valence-electron chi connectivity index (χ1n) is 5.83. The highest BCUT2D eigenvalue weighted by atomic mass is 79.9. The van der Waals surface area contributed by atoms with E-state index in [9.17, 15) is 0 Å². The smallest absolute Gasteiger partial charge is 0.0509 e. The molecule has 0 saturated heterocycles. The van der Waals surface area contributed by atoms with Gasteiger partial charge < -0.3 is 10.6 Å². The highest BCUT2D eigenvalue weighted by molar-refractivity contribution is 9.10. The summed E-state index contributed by atoms with van der Waals surface area (Å²) in [5.41, 5.74) is 8.75. The number of nitrogens with two attached hydrogens (primary N) is 1. The number of aromatic nitrogens is 1. The SMILES string of the molecule is CN(CCc1ccccn1)c1ccc(N)cc1Br. The Morgan fingerprint density at radius 2 is 2.11 bits per heavy atom. The molecule has 0 fully saturated rings. The average Bonchev–Trinajstić information content (AvgIpc) is 2.37. The van der Waals surface area contributed by atoms with E-state index < -0.39 is 0 Å². The normalized spacial score (nSPS) is 10.3. The number of anilines is 2. The Morgan fingerprint density at radius 3 is 2.78 bits per heavy atom. The third-order valence-electron chi connectivity index (χ3n) is 2.81. The molecule has 0 amide bonds. The van der Waals surface area contributed by atoms with E-state index in [2.05, 4.69) is 32.9 Å². The first-order chi connectivity index (χ1) is 8.66. The van der Waals surface area contributed by atoms with Crippen molar-refractivity contribution in [1.29, 1.82) is 0 Å². The minimum absolute atomic E-state index is 0.767. The van der Waals surface area contributed by atoms with Gasteiger partial charge in [-0.15, -0.1) is 0 Å². The minimum atomic E-state index is 0.767. The summed E-state index contributed by atoms with van der Waals surface area (Å²) in [5, 5.41) is 0. The van der Waals surface area contributed by atoms with E-state index in [-0.39, 0.29) is 0 Å². The van der Waals surface area contributed by atoms with Gasteiger partial charge in [-0.1, -0.05) is 6.07 Å². The van der Waals surface area contributed by atoms with Crippen molar-refractivity contribution >= 4 is 27.3 Å². The number of nitrogen functional groups attached to an aromatic ring is 1. The number of hydrogen-bond acceptors (Lipinski definition) is 3. The van der Waals surface area contributed by atoms with Gasteiger partial charge in [0.1, 0.15) is 0 Å². The quantitative estimate of drug-likeness (QED) is 0.883. The predicted molar refractivity (Wildman–Crippen MR) is 79.8 cm³/mol. The van der Waals surface area contributed by atoms with Crippen molar-refractivity contribution in [2.45, 2.75) is 6.42 Å². The molecule has 0 radical (unpaired) electrons. The van der Waals surface area contributed by atoms with Crippen LogP contribution in [-0.2, 0) is 6.42 Å². The molecule has 3 nitrogen and oxygen atoms in total. The summed E-state index contributed by atoms with van der Waals surface area (Å²) < 4.78 is 1.02. The molecule has 0 aliphatic heterocycles. The van der Waals surface area contributed by atoms with Gasteiger partial charge in [0.25, 0.3) is 0 Å². The molecule has 1 heterocycles. The van der Waals surface area contributed by atoms with Gasteiger partial charge >= 0.3 is 0 Å². The van der Waals surface area contributed by atoms with Crippen LogP contribution in [0.25, 0.3) is 0 Å². The summed E-state index contributed by atoms with van der Waals surface area (Å²) in [6.45, 7) is 0.916. The lowest BCUT2D eigenvalue weighted by Gasteiger charge is -2.20. The molecule has 94 valence electrons. The maximum Gasteiger partial charge on any atom is 0.0509 e. The van der Waals surface area contributed by atoms with Gasteiger partial charge in [-0.25, -0.2) is 0 Å². The Labute approximate surface area is 116 Å². The van der Waals surface area contributed by atoms with Gasteiger partial charge in [0.05, 0.1) is 5.69 Å². The number of benzene rings is 1. The zero-order valence-corrected chi connectivity index (χ0v) is 11.9. The lowest BCUT2D eigenvalue weighted by Crippen LogP contribution is -2.21. The van der Waals surface area contributed by atoms with Crippen molar-refractivity contribution in [3.63, 3.8) is 0 Å². The number of nitrogens with zero attached hydrogens (tertiary/aromatic N) is 2. The molecule has 0 unspecified atom stereocenters. The molecule has 1 aromatic carbocycles. The van der Waals surface area contributed by atoms with Crippen LogP contribution in [0.4, 0.5) is 11.4 Å². The van der Waals surface area contributed by atoms with Crippen LogP contribution in [0.5, 0.6) is 0 Å². The van der Waals surface area contributed by atoms with E-state index >= 15 is 0 Å². The zero-order chi connectivity index (χ0) is 13.0. The number of hydrogen-bond donors (Lipinski definition) is 1. The molecule has 0 saturated carbocycles. The Kier molecular flexibility index (Phi) is 4.20. The zero-order valence-electron chi connectivity index (χ0n) is 10.3. The molecule has 0 atom stereocenters. The fourth-order valence-electron chi connectivity index (χ4n) is 1.78. The standard InChI is InChI=1S/C14H16BrN3/c1-18(9-7-12-4-2-3-8-17-12)14-6-5-11(16)10-13(14)15/h2-6,8,10H,7,9,16H2,1H3. The second kappa shape index (κ2) is 5.87. The van der Waals surface area contributed by atoms with Crippen LogP contribution in [0, 0.1) is 0 Å². The van der Waals surface area contributed by atoms with E-state index in [1.54, 1.807) is 0 Å². The maximum atomic E-state index is 5.73. The molecular weight excluding hydrogens is 290 g/mol. The molecule has 0 aliphatic rings. The highest BCUT2D eigenvalue weighted by Gasteiger charge is 2.06. The van der Waals surface area contributed by atoms with Crippen LogP contribution in [-0.4, -0.2) is 18.6 Å². The highest BCUT2D eigenvalue weighted by Crippen LogP contribution is 2.27. The topological polar surface area (TPSA) is 42.2 Å². The number of likely N-dealkylation sites (N-methyl/N-ethyl adjacent to an activating group) is 1. The summed E-state index contributed by atoms with van der Waals surface area (Å²) in [4.78, 5) is 6.52. The van der Waals surface area contributed by atoms with Crippen LogP contribution in [0.3, 0.4) is 0 Å². The fourth-order valence-corrected chi connectivity index (χ4v) is 2.48. The fraction of sp³-hybridized carbons (Fsp3) is 0.214. The summed E-state index contributed by atoms with van der Waals surface area (Å²) in [5.74, 6) is 0. The second-order valence-electron chi connectivity index (χ2n) is 4.20. The van der Waals surface area contributed by atoms with Gasteiger partial charge in [0.15, 0.2) is 0 Å². The predicted octanol–water partition coefficient (Wildman–Crippen LogP) is 3.11. The van der Waals surface area contributed by atoms with Crippen LogP contribution in [0.15, 0.2) is 47.1 Å². The molecule has 0 spiro atoms.